The maximum Gasteiger partial charge on any atom is 0.279 e. The van der Waals surface area contributed by atoms with E-state index in [1.165, 1.54) is 4.68 Å². The molecule has 3 aromatic carbocycles. The smallest absolute Gasteiger partial charge is 0.279 e. The van der Waals surface area contributed by atoms with Gasteiger partial charge < -0.3 is 4.90 Å². The fraction of sp³-hybridized carbons (Fsp3) is 0.208. The zero-order chi connectivity index (χ0) is 20.5. The van der Waals surface area contributed by atoms with Crippen LogP contribution in [0.15, 0.2) is 71.5 Å². The Hall–Kier alpha value is -3.47. The van der Waals surface area contributed by atoms with E-state index in [9.17, 15) is 9.59 Å². The van der Waals surface area contributed by atoms with Crippen molar-refractivity contribution in [3.05, 3.63) is 82.8 Å². The molecule has 0 bridgehead atoms. The van der Waals surface area contributed by atoms with Crippen molar-refractivity contribution in [1.29, 1.82) is 0 Å². The maximum absolute atomic E-state index is 13.4. The number of carbonyl (C=O) groups is 1. The summed E-state index contributed by atoms with van der Waals surface area (Å²) in [7, 11) is 1.74. The van der Waals surface area contributed by atoms with Crippen LogP contribution >= 0.6 is 0 Å². The predicted octanol–water partition coefficient (Wildman–Crippen LogP) is 4.48. The summed E-state index contributed by atoms with van der Waals surface area (Å²) in [6, 6.07) is 21.1. The molecule has 0 unspecified atom stereocenters. The quantitative estimate of drug-likeness (QED) is 0.520. The predicted molar refractivity (Wildman–Crippen MR) is 118 cm³/mol. The number of benzene rings is 3. The second kappa shape index (κ2) is 7.51. The van der Waals surface area contributed by atoms with E-state index >= 15 is 0 Å². The van der Waals surface area contributed by atoms with E-state index in [4.69, 9.17) is 0 Å². The van der Waals surface area contributed by atoms with Crippen LogP contribution in [0.1, 0.15) is 24.3 Å². The van der Waals surface area contributed by atoms with E-state index in [0.29, 0.717) is 17.3 Å². The van der Waals surface area contributed by atoms with E-state index in [1.807, 2.05) is 68.4 Å². The van der Waals surface area contributed by atoms with Gasteiger partial charge in [-0.2, -0.15) is 5.10 Å². The summed E-state index contributed by atoms with van der Waals surface area (Å²) in [4.78, 5) is 27.8. The molecule has 0 atom stereocenters. The van der Waals surface area contributed by atoms with E-state index in [0.717, 1.165) is 16.5 Å². The number of carbonyl (C=O) groups excluding carboxylic acids is 1. The van der Waals surface area contributed by atoms with Crippen molar-refractivity contribution in [1.82, 2.24) is 9.78 Å². The fourth-order valence-electron chi connectivity index (χ4n) is 3.52. The molecule has 5 nitrogen and oxygen atoms in total. The van der Waals surface area contributed by atoms with Crippen LogP contribution in [0.5, 0.6) is 0 Å². The van der Waals surface area contributed by atoms with Gasteiger partial charge in [0.05, 0.1) is 5.39 Å². The Morgan fingerprint density at radius 3 is 2.34 bits per heavy atom. The highest BCUT2D eigenvalue weighted by atomic mass is 16.2. The van der Waals surface area contributed by atoms with Crippen molar-refractivity contribution in [3.8, 4) is 0 Å². The molecule has 0 radical (unpaired) electrons. The van der Waals surface area contributed by atoms with Gasteiger partial charge in [-0.15, -0.1) is 0 Å². The molecular weight excluding hydrogens is 362 g/mol. The third kappa shape index (κ3) is 3.51. The van der Waals surface area contributed by atoms with Gasteiger partial charge in [0.2, 0.25) is 0 Å². The summed E-state index contributed by atoms with van der Waals surface area (Å²) >= 11 is 0. The zero-order valence-electron chi connectivity index (χ0n) is 16.8. The number of anilines is 1. The molecule has 5 heteroatoms. The van der Waals surface area contributed by atoms with E-state index in [1.54, 1.807) is 24.1 Å². The lowest BCUT2D eigenvalue weighted by Gasteiger charge is -2.19. The van der Waals surface area contributed by atoms with Gasteiger partial charge in [0.25, 0.3) is 11.5 Å². The van der Waals surface area contributed by atoms with Crippen molar-refractivity contribution in [2.45, 2.75) is 20.4 Å². The average molecular weight is 385 g/mol. The molecule has 4 aromatic rings. The lowest BCUT2D eigenvalue weighted by molar-refractivity contribution is 0.0987. The Morgan fingerprint density at radius 1 is 0.966 bits per heavy atom. The number of fused-ring (bicyclic) bond motifs is 2. The topological polar surface area (TPSA) is 55.2 Å². The van der Waals surface area contributed by atoms with Gasteiger partial charge >= 0.3 is 0 Å². The SMILES string of the molecule is CC(C)Cn1nc(C(=O)N(C)c2ccc3ccccc3c2)c2ccccc2c1=O. The minimum absolute atomic E-state index is 0.167. The first kappa shape index (κ1) is 18.9. The molecule has 1 heterocycles. The van der Waals surface area contributed by atoms with Crippen LogP contribution in [-0.2, 0) is 6.54 Å². The molecule has 1 amide bonds. The number of nitrogens with zero attached hydrogens (tertiary/aromatic N) is 3. The van der Waals surface area contributed by atoms with Crippen LogP contribution in [0, 0.1) is 5.92 Å². The molecule has 0 saturated heterocycles. The molecule has 29 heavy (non-hydrogen) atoms. The van der Waals surface area contributed by atoms with Gasteiger partial charge in [-0.3, -0.25) is 9.59 Å². The second-order valence-corrected chi connectivity index (χ2v) is 7.67. The Morgan fingerprint density at radius 2 is 1.62 bits per heavy atom. The Kier molecular flexibility index (Phi) is 4.89. The number of rotatable bonds is 4. The molecule has 1 aromatic heterocycles. The Labute approximate surface area is 169 Å². The van der Waals surface area contributed by atoms with Crippen LogP contribution < -0.4 is 10.5 Å². The summed E-state index contributed by atoms with van der Waals surface area (Å²) < 4.78 is 1.41. The summed E-state index contributed by atoms with van der Waals surface area (Å²) in [5.41, 5.74) is 0.900. The van der Waals surface area contributed by atoms with Crippen molar-refractivity contribution >= 4 is 33.1 Å². The highest BCUT2D eigenvalue weighted by molar-refractivity contribution is 6.12. The first-order valence-electron chi connectivity index (χ1n) is 9.72. The van der Waals surface area contributed by atoms with Gasteiger partial charge in [0, 0.05) is 24.7 Å². The van der Waals surface area contributed by atoms with E-state index in [-0.39, 0.29) is 23.1 Å². The number of hydrogen-bond donors (Lipinski definition) is 0. The molecule has 0 fully saturated rings. The molecule has 0 aliphatic heterocycles. The summed E-state index contributed by atoms with van der Waals surface area (Å²) in [5.74, 6) is -0.00322. The minimum Gasteiger partial charge on any atom is -0.310 e. The largest absolute Gasteiger partial charge is 0.310 e. The van der Waals surface area contributed by atoms with Gasteiger partial charge in [0.15, 0.2) is 5.69 Å². The van der Waals surface area contributed by atoms with Crippen LogP contribution in [0.2, 0.25) is 0 Å². The normalized spacial score (nSPS) is 11.3. The first-order chi connectivity index (χ1) is 14.0. The summed E-state index contributed by atoms with van der Waals surface area (Å²) in [6.45, 7) is 4.50. The third-order valence-corrected chi connectivity index (χ3v) is 5.03. The molecule has 146 valence electrons. The summed E-state index contributed by atoms with van der Waals surface area (Å²) in [6.07, 6.45) is 0. The lowest BCUT2D eigenvalue weighted by Crippen LogP contribution is -2.32. The summed E-state index contributed by atoms with van der Waals surface area (Å²) in [5, 5.41) is 7.73. The van der Waals surface area contributed by atoms with E-state index < -0.39 is 0 Å². The lowest BCUT2D eigenvalue weighted by atomic mass is 10.1. The van der Waals surface area contributed by atoms with Crippen LogP contribution in [-0.4, -0.2) is 22.7 Å². The molecule has 0 aliphatic carbocycles. The Balaban J connectivity index is 1.82. The first-order valence-corrected chi connectivity index (χ1v) is 9.72. The van der Waals surface area contributed by atoms with Crippen LogP contribution in [0.4, 0.5) is 5.69 Å². The zero-order valence-corrected chi connectivity index (χ0v) is 16.8. The standard InChI is InChI=1S/C24H23N3O2/c1-16(2)15-27-23(28)21-11-7-6-10-20(21)22(25-27)24(29)26(3)19-13-12-17-8-4-5-9-18(17)14-19/h4-14,16H,15H2,1-3H3. The molecular formula is C24H23N3O2. The molecule has 0 spiro atoms. The minimum atomic E-state index is -0.242. The van der Waals surface area contributed by atoms with Crippen LogP contribution in [0.25, 0.3) is 21.5 Å². The number of hydrogen-bond acceptors (Lipinski definition) is 3. The molecule has 0 N–H and O–H groups in total. The fourth-order valence-corrected chi connectivity index (χ4v) is 3.52. The van der Waals surface area contributed by atoms with Crippen molar-refractivity contribution < 1.29 is 4.79 Å². The second-order valence-electron chi connectivity index (χ2n) is 7.67. The van der Waals surface area contributed by atoms with Crippen molar-refractivity contribution in [2.75, 3.05) is 11.9 Å². The van der Waals surface area contributed by atoms with Gasteiger partial charge in [-0.05, 0) is 34.9 Å². The van der Waals surface area contributed by atoms with Crippen LogP contribution in [0.3, 0.4) is 0 Å². The van der Waals surface area contributed by atoms with E-state index in [2.05, 4.69) is 5.10 Å². The van der Waals surface area contributed by atoms with Gasteiger partial charge in [0.1, 0.15) is 0 Å². The molecule has 0 saturated carbocycles. The molecule has 0 aliphatic rings. The highest BCUT2D eigenvalue weighted by Crippen LogP contribution is 2.24. The third-order valence-electron chi connectivity index (χ3n) is 5.03. The molecule has 4 rings (SSSR count). The van der Waals surface area contributed by atoms with Crippen molar-refractivity contribution in [3.63, 3.8) is 0 Å². The number of aromatic nitrogens is 2. The monoisotopic (exact) mass is 385 g/mol. The maximum atomic E-state index is 13.4. The Bertz CT molecular complexity index is 1270. The average Bonchev–Trinajstić information content (AvgIpc) is 2.74. The van der Waals surface area contributed by atoms with Gasteiger partial charge in [-0.1, -0.05) is 62.4 Å². The van der Waals surface area contributed by atoms with Gasteiger partial charge in [-0.25, -0.2) is 4.68 Å². The number of amides is 1. The highest BCUT2D eigenvalue weighted by Gasteiger charge is 2.21. The van der Waals surface area contributed by atoms with Crippen molar-refractivity contribution in [2.24, 2.45) is 5.92 Å².